The summed E-state index contributed by atoms with van der Waals surface area (Å²) in [4.78, 5) is 0. The highest BCUT2D eigenvalue weighted by atomic mass is 16.3. The average Bonchev–Trinajstić information content (AvgIpc) is 1.99. The summed E-state index contributed by atoms with van der Waals surface area (Å²) in [5.74, 6) is 0. The standard InChI is InChI=1S/C8H15NO/c10-8-5-4-6-2-1-3-7(8)9-6/h6-10H,1-5H2/t6-,7+,8+/m1/s1. The van der Waals surface area contributed by atoms with Gasteiger partial charge in [-0.25, -0.2) is 0 Å². The molecule has 2 aliphatic rings. The molecule has 0 radical (unpaired) electrons. The first kappa shape index (κ1) is 6.62. The van der Waals surface area contributed by atoms with E-state index in [2.05, 4.69) is 5.32 Å². The molecular formula is C8H15NO. The van der Waals surface area contributed by atoms with Crippen LogP contribution in [0.3, 0.4) is 0 Å². The Morgan fingerprint density at radius 3 is 2.80 bits per heavy atom. The van der Waals surface area contributed by atoms with Crippen molar-refractivity contribution < 1.29 is 5.11 Å². The lowest BCUT2D eigenvalue weighted by Gasteiger charge is -2.39. The van der Waals surface area contributed by atoms with Crippen LogP contribution in [-0.4, -0.2) is 23.3 Å². The predicted molar refractivity (Wildman–Crippen MR) is 39.8 cm³/mol. The number of nitrogens with one attached hydrogen (secondary N) is 1. The van der Waals surface area contributed by atoms with E-state index in [-0.39, 0.29) is 6.10 Å². The van der Waals surface area contributed by atoms with E-state index < -0.39 is 0 Å². The van der Waals surface area contributed by atoms with Gasteiger partial charge < -0.3 is 10.4 Å². The second-order valence-corrected chi connectivity index (χ2v) is 3.55. The molecule has 0 aliphatic carbocycles. The zero-order valence-corrected chi connectivity index (χ0v) is 6.21. The van der Waals surface area contributed by atoms with Gasteiger partial charge in [-0.05, 0) is 25.7 Å². The van der Waals surface area contributed by atoms with Crippen molar-refractivity contribution in [2.24, 2.45) is 0 Å². The van der Waals surface area contributed by atoms with Gasteiger partial charge in [0, 0.05) is 12.1 Å². The van der Waals surface area contributed by atoms with Gasteiger partial charge in [0.15, 0.2) is 0 Å². The van der Waals surface area contributed by atoms with E-state index in [4.69, 9.17) is 0 Å². The summed E-state index contributed by atoms with van der Waals surface area (Å²) in [6.45, 7) is 0. The van der Waals surface area contributed by atoms with E-state index in [9.17, 15) is 5.11 Å². The molecule has 2 nitrogen and oxygen atoms in total. The highest BCUT2D eigenvalue weighted by Gasteiger charge is 2.30. The van der Waals surface area contributed by atoms with Gasteiger partial charge in [-0.3, -0.25) is 0 Å². The Morgan fingerprint density at radius 2 is 2.00 bits per heavy atom. The molecule has 2 heterocycles. The lowest BCUT2D eigenvalue weighted by Crippen LogP contribution is -2.52. The highest BCUT2D eigenvalue weighted by molar-refractivity contribution is 4.90. The predicted octanol–water partition coefficient (Wildman–Crippen LogP) is 0.652. The molecule has 2 aliphatic heterocycles. The van der Waals surface area contributed by atoms with Crippen LogP contribution in [-0.2, 0) is 0 Å². The lowest BCUT2D eigenvalue weighted by molar-refractivity contribution is 0.0571. The molecule has 0 amide bonds. The summed E-state index contributed by atoms with van der Waals surface area (Å²) in [7, 11) is 0. The van der Waals surface area contributed by atoms with Crippen LogP contribution in [0, 0.1) is 0 Å². The van der Waals surface area contributed by atoms with E-state index in [1.165, 1.54) is 25.7 Å². The first-order valence-electron chi connectivity index (χ1n) is 4.30. The molecule has 2 saturated heterocycles. The minimum Gasteiger partial charge on any atom is -0.392 e. The smallest absolute Gasteiger partial charge is 0.0693 e. The summed E-state index contributed by atoms with van der Waals surface area (Å²) < 4.78 is 0. The van der Waals surface area contributed by atoms with Crippen LogP contribution in [0.15, 0.2) is 0 Å². The van der Waals surface area contributed by atoms with Gasteiger partial charge in [0.1, 0.15) is 0 Å². The third-order valence-corrected chi connectivity index (χ3v) is 2.79. The quantitative estimate of drug-likeness (QED) is 0.519. The van der Waals surface area contributed by atoms with Crippen LogP contribution >= 0.6 is 0 Å². The fourth-order valence-electron chi connectivity index (χ4n) is 2.16. The average molecular weight is 141 g/mol. The molecule has 0 aromatic rings. The van der Waals surface area contributed by atoms with Crippen LogP contribution in [0.25, 0.3) is 0 Å². The molecule has 0 unspecified atom stereocenters. The largest absolute Gasteiger partial charge is 0.392 e. The van der Waals surface area contributed by atoms with E-state index in [1.807, 2.05) is 0 Å². The third-order valence-electron chi connectivity index (χ3n) is 2.79. The monoisotopic (exact) mass is 141 g/mol. The van der Waals surface area contributed by atoms with E-state index in [0.29, 0.717) is 6.04 Å². The lowest BCUT2D eigenvalue weighted by atomic mass is 9.85. The molecular weight excluding hydrogens is 126 g/mol. The topological polar surface area (TPSA) is 32.3 Å². The van der Waals surface area contributed by atoms with Gasteiger partial charge in [-0.15, -0.1) is 0 Å². The Morgan fingerprint density at radius 1 is 1.10 bits per heavy atom. The molecule has 0 aromatic carbocycles. The van der Waals surface area contributed by atoms with Crippen molar-refractivity contribution in [3.8, 4) is 0 Å². The number of piperidine rings is 2. The Balaban J connectivity index is 2.00. The second-order valence-electron chi connectivity index (χ2n) is 3.55. The van der Waals surface area contributed by atoms with Crippen molar-refractivity contribution in [1.29, 1.82) is 0 Å². The van der Waals surface area contributed by atoms with Gasteiger partial charge in [-0.1, -0.05) is 6.42 Å². The zero-order chi connectivity index (χ0) is 6.97. The molecule has 2 fully saturated rings. The summed E-state index contributed by atoms with van der Waals surface area (Å²) in [6.07, 6.45) is 5.94. The van der Waals surface area contributed by atoms with E-state index >= 15 is 0 Å². The van der Waals surface area contributed by atoms with Crippen LogP contribution in [0.1, 0.15) is 32.1 Å². The van der Waals surface area contributed by atoms with Gasteiger partial charge in [0.2, 0.25) is 0 Å². The summed E-state index contributed by atoms with van der Waals surface area (Å²) in [5, 5.41) is 12.9. The fraction of sp³-hybridized carbons (Fsp3) is 1.00. The fourth-order valence-corrected chi connectivity index (χ4v) is 2.16. The minimum absolute atomic E-state index is 0.0588. The van der Waals surface area contributed by atoms with Crippen molar-refractivity contribution in [2.75, 3.05) is 0 Å². The molecule has 0 aromatic heterocycles. The molecule has 3 atom stereocenters. The van der Waals surface area contributed by atoms with Crippen molar-refractivity contribution >= 4 is 0 Å². The highest BCUT2D eigenvalue weighted by Crippen LogP contribution is 2.25. The maximum absolute atomic E-state index is 9.46. The Hall–Kier alpha value is -0.0800. The van der Waals surface area contributed by atoms with Crippen molar-refractivity contribution in [3.05, 3.63) is 0 Å². The number of fused-ring (bicyclic) bond motifs is 2. The number of hydrogen-bond donors (Lipinski definition) is 2. The first-order valence-corrected chi connectivity index (χ1v) is 4.30. The van der Waals surface area contributed by atoms with Gasteiger partial charge in [0.25, 0.3) is 0 Å². The van der Waals surface area contributed by atoms with E-state index in [1.54, 1.807) is 0 Å². The summed E-state index contributed by atoms with van der Waals surface area (Å²) >= 11 is 0. The second kappa shape index (κ2) is 2.51. The van der Waals surface area contributed by atoms with Gasteiger partial charge in [0.05, 0.1) is 6.10 Å². The minimum atomic E-state index is -0.0588. The molecule has 0 spiro atoms. The number of hydrogen-bond acceptors (Lipinski definition) is 2. The molecule has 10 heavy (non-hydrogen) atoms. The molecule has 2 rings (SSSR count). The van der Waals surface area contributed by atoms with Gasteiger partial charge >= 0.3 is 0 Å². The zero-order valence-electron chi connectivity index (χ0n) is 6.21. The number of aliphatic hydroxyl groups excluding tert-OH is 1. The Kier molecular flexibility index (Phi) is 1.66. The Bertz CT molecular complexity index is 124. The molecule has 2 bridgehead atoms. The van der Waals surface area contributed by atoms with Crippen molar-refractivity contribution in [2.45, 2.75) is 50.3 Å². The molecule has 58 valence electrons. The number of rotatable bonds is 0. The molecule has 0 saturated carbocycles. The summed E-state index contributed by atoms with van der Waals surface area (Å²) in [5.41, 5.74) is 0. The molecule has 2 heteroatoms. The first-order chi connectivity index (χ1) is 4.86. The van der Waals surface area contributed by atoms with Crippen molar-refractivity contribution in [1.82, 2.24) is 5.32 Å². The number of aliphatic hydroxyl groups is 1. The normalized spacial score (nSPS) is 47.1. The van der Waals surface area contributed by atoms with Crippen molar-refractivity contribution in [3.63, 3.8) is 0 Å². The summed E-state index contributed by atoms with van der Waals surface area (Å²) in [6, 6.07) is 1.15. The van der Waals surface area contributed by atoms with Crippen LogP contribution in [0.4, 0.5) is 0 Å². The third kappa shape index (κ3) is 1.06. The van der Waals surface area contributed by atoms with E-state index in [0.717, 1.165) is 12.5 Å². The SMILES string of the molecule is O[C@H]1CC[C@H]2CCC[C@@H]1N2. The van der Waals surface area contributed by atoms with Crippen LogP contribution < -0.4 is 5.32 Å². The maximum Gasteiger partial charge on any atom is 0.0693 e. The maximum atomic E-state index is 9.46. The molecule has 2 N–H and O–H groups in total. The Labute approximate surface area is 61.6 Å². The van der Waals surface area contributed by atoms with Crippen LogP contribution in [0.2, 0.25) is 0 Å². The van der Waals surface area contributed by atoms with Crippen LogP contribution in [0.5, 0.6) is 0 Å². The van der Waals surface area contributed by atoms with Gasteiger partial charge in [-0.2, -0.15) is 0 Å².